The first-order valence-corrected chi connectivity index (χ1v) is 10.9. The van der Waals surface area contributed by atoms with Crippen molar-refractivity contribution in [3.05, 3.63) is 29.8 Å². The SMILES string of the molecule is CCCCNC(=O)C1(NC(=O)CC(NC(C)=O)c2ccc(OC)cc2)CCCCC1. The van der Waals surface area contributed by atoms with E-state index in [0.717, 1.165) is 37.7 Å². The monoisotopic (exact) mass is 417 g/mol. The molecule has 1 aliphatic rings. The molecule has 1 fully saturated rings. The Morgan fingerprint density at radius 1 is 1.10 bits per heavy atom. The van der Waals surface area contributed by atoms with Crippen LogP contribution in [0.5, 0.6) is 5.75 Å². The van der Waals surface area contributed by atoms with Crippen LogP contribution in [0.25, 0.3) is 0 Å². The predicted octanol–water partition coefficient (Wildman–Crippen LogP) is 3.00. The van der Waals surface area contributed by atoms with Crippen LogP contribution < -0.4 is 20.7 Å². The smallest absolute Gasteiger partial charge is 0.245 e. The average molecular weight is 418 g/mol. The molecule has 1 aliphatic carbocycles. The maximum absolute atomic E-state index is 13.0. The standard InChI is InChI=1S/C23H35N3O4/c1-4-5-15-24-22(29)23(13-7-6-8-14-23)26-21(28)16-20(25-17(2)27)18-9-11-19(30-3)12-10-18/h9-12,20H,4-8,13-16H2,1-3H3,(H,24,29)(H,25,27)(H,26,28). The van der Waals surface area contributed by atoms with Crippen molar-refractivity contribution >= 4 is 17.7 Å². The zero-order chi connectivity index (χ0) is 22.0. The molecule has 0 radical (unpaired) electrons. The highest BCUT2D eigenvalue weighted by Gasteiger charge is 2.40. The third-order valence-corrected chi connectivity index (χ3v) is 5.62. The van der Waals surface area contributed by atoms with Crippen molar-refractivity contribution in [2.75, 3.05) is 13.7 Å². The number of methoxy groups -OCH3 is 1. The van der Waals surface area contributed by atoms with Crippen LogP contribution in [0.4, 0.5) is 0 Å². The summed E-state index contributed by atoms with van der Waals surface area (Å²) in [5.74, 6) is 0.157. The molecule has 1 atom stereocenters. The lowest BCUT2D eigenvalue weighted by atomic mass is 9.80. The summed E-state index contributed by atoms with van der Waals surface area (Å²) < 4.78 is 5.18. The first-order chi connectivity index (χ1) is 14.4. The Balaban J connectivity index is 2.11. The van der Waals surface area contributed by atoms with Gasteiger partial charge in [-0.2, -0.15) is 0 Å². The molecule has 0 spiro atoms. The summed E-state index contributed by atoms with van der Waals surface area (Å²) in [5.41, 5.74) is -0.0460. The second-order valence-electron chi connectivity index (χ2n) is 8.03. The summed E-state index contributed by atoms with van der Waals surface area (Å²) in [4.78, 5) is 37.6. The third-order valence-electron chi connectivity index (χ3n) is 5.62. The second-order valence-corrected chi connectivity index (χ2v) is 8.03. The Bertz CT molecular complexity index is 712. The fourth-order valence-corrected chi connectivity index (χ4v) is 3.95. The van der Waals surface area contributed by atoms with Gasteiger partial charge in [0.1, 0.15) is 11.3 Å². The van der Waals surface area contributed by atoms with Gasteiger partial charge in [0.25, 0.3) is 0 Å². The minimum absolute atomic E-state index is 0.0654. The van der Waals surface area contributed by atoms with E-state index in [4.69, 9.17) is 4.74 Å². The van der Waals surface area contributed by atoms with E-state index < -0.39 is 11.6 Å². The Kier molecular flexibility index (Phi) is 9.15. The second kappa shape index (κ2) is 11.6. The van der Waals surface area contributed by atoms with Crippen LogP contribution in [0, 0.1) is 0 Å². The van der Waals surface area contributed by atoms with Crippen molar-refractivity contribution in [2.24, 2.45) is 0 Å². The summed E-state index contributed by atoms with van der Waals surface area (Å²) in [7, 11) is 1.59. The molecule has 2 rings (SSSR count). The maximum Gasteiger partial charge on any atom is 0.245 e. The lowest BCUT2D eigenvalue weighted by molar-refractivity contribution is -0.135. The summed E-state index contributed by atoms with van der Waals surface area (Å²) in [6.45, 7) is 4.12. The van der Waals surface area contributed by atoms with Crippen molar-refractivity contribution in [3.63, 3.8) is 0 Å². The molecule has 7 nitrogen and oxygen atoms in total. The first kappa shape index (κ1) is 23.7. The predicted molar refractivity (Wildman–Crippen MR) is 116 cm³/mol. The molecule has 1 aromatic carbocycles. The molecular weight excluding hydrogens is 382 g/mol. The molecule has 3 amide bonds. The topological polar surface area (TPSA) is 96.5 Å². The third kappa shape index (κ3) is 6.75. The highest BCUT2D eigenvalue weighted by molar-refractivity contribution is 5.92. The number of carbonyl (C=O) groups excluding carboxylic acids is 3. The van der Waals surface area contributed by atoms with E-state index in [1.807, 2.05) is 12.1 Å². The van der Waals surface area contributed by atoms with Crippen molar-refractivity contribution < 1.29 is 19.1 Å². The normalized spacial score (nSPS) is 16.2. The highest BCUT2D eigenvalue weighted by Crippen LogP contribution is 2.29. The highest BCUT2D eigenvalue weighted by atomic mass is 16.5. The minimum Gasteiger partial charge on any atom is -0.497 e. The number of nitrogens with one attached hydrogen (secondary N) is 3. The molecule has 0 bridgehead atoms. The van der Waals surface area contributed by atoms with Gasteiger partial charge < -0.3 is 20.7 Å². The number of hydrogen-bond donors (Lipinski definition) is 3. The van der Waals surface area contributed by atoms with Crippen LogP contribution in [0.2, 0.25) is 0 Å². The number of hydrogen-bond acceptors (Lipinski definition) is 4. The van der Waals surface area contributed by atoms with Gasteiger partial charge in [-0.25, -0.2) is 0 Å². The summed E-state index contributed by atoms with van der Waals surface area (Å²) in [5, 5.41) is 8.86. The first-order valence-electron chi connectivity index (χ1n) is 10.9. The molecule has 7 heteroatoms. The molecule has 1 unspecified atom stereocenters. The van der Waals surface area contributed by atoms with Crippen LogP contribution in [0.3, 0.4) is 0 Å². The van der Waals surface area contributed by atoms with Crippen LogP contribution in [0.15, 0.2) is 24.3 Å². The van der Waals surface area contributed by atoms with Gasteiger partial charge in [-0.15, -0.1) is 0 Å². The molecule has 30 heavy (non-hydrogen) atoms. The average Bonchev–Trinajstić information content (AvgIpc) is 2.73. The van der Waals surface area contributed by atoms with E-state index in [1.165, 1.54) is 6.92 Å². The van der Waals surface area contributed by atoms with Gasteiger partial charge >= 0.3 is 0 Å². The van der Waals surface area contributed by atoms with Crippen molar-refractivity contribution in [2.45, 2.75) is 76.8 Å². The van der Waals surface area contributed by atoms with Gasteiger partial charge in [0, 0.05) is 13.5 Å². The Morgan fingerprint density at radius 3 is 2.33 bits per heavy atom. The lowest BCUT2D eigenvalue weighted by Crippen LogP contribution is -2.60. The molecule has 1 aromatic rings. The van der Waals surface area contributed by atoms with Crippen LogP contribution >= 0.6 is 0 Å². The lowest BCUT2D eigenvalue weighted by Gasteiger charge is -2.37. The van der Waals surface area contributed by atoms with Gasteiger partial charge in [-0.1, -0.05) is 44.7 Å². The van der Waals surface area contributed by atoms with E-state index in [9.17, 15) is 14.4 Å². The zero-order valence-electron chi connectivity index (χ0n) is 18.4. The van der Waals surface area contributed by atoms with E-state index in [2.05, 4.69) is 22.9 Å². The van der Waals surface area contributed by atoms with Crippen LogP contribution in [-0.2, 0) is 14.4 Å². The molecule has 0 heterocycles. The minimum atomic E-state index is -0.857. The van der Waals surface area contributed by atoms with Crippen LogP contribution in [0.1, 0.15) is 76.8 Å². The molecular formula is C23H35N3O4. The van der Waals surface area contributed by atoms with Crippen LogP contribution in [-0.4, -0.2) is 36.9 Å². The number of ether oxygens (including phenoxy) is 1. The Morgan fingerprint density at radius 2 is 1.77 bits per heavy atom. The molecule has 1 saturated carbocycles. The molecule has 166 valence electrons. The fourth-order valence-electron chi connectivity index (χ4n) is 3.95. The van der Waals surface area contributed by atoms with Crippen molar-refractivity contribution in [3.8, 4) is 5.75 Å². The van der Waals surface area contributed by atoms with Gasteiger partial charge in [-0.05, 0) is 37.0 Å². The summed E-state index contributed by atoms with van der Waals surface area (Å²) in [6.07, 6.45) is 6.16. The van der Waals surface area contributed by atoms with E-state index >= 15 is 0 Å². The summed E-state index contributed by atoms with van der Waals surface area (Å²) in [6, 6.07) is 6.79. The number of carbonyl (C=O) groups is 3. The van der Waals surface area contributed by atoms with Gasteiger partial charge in [0.2, 0.25) is 17.7 Å². The molecule has 0 aromatic heterocycles. The molecule has 0 aliphatic heterocycles. The van der Waals surface area contributed by atoms with E-state index in [1.54, 1.807) is 19.2 Å². The molecule has 0 saturated heterocycles. The number of rotatable bonds is 10. The zero-order valence-corrected chi connectivity index (χ0v) is 18.4. The Hall–Kier alpha value is -2.57. The maximum atomic E-state index is 13.0. The molecule has 3 N–H and O–H groups in total. The number of benzene rings is 1. The van der Waals surface area contributed by atoms with Gasteiger partial charge in [0.15, 0.2) is 0 Å². The van der Waals surface area contributed by atoms with Crippen molar-refractivity contribution in [1.29, 1.82) is 0 Å². The van der Waals surface area contributed by atoms with Gasteiger partial charge in [0.05, 0.1) is 19.6 Å². The quantitative estimate of drug-likeness (QED) is 0.510. The van der Waals surface area contributed by atoms with Crippen molar-refractivity contribution in [1.82, 2.24) is 16.0 Å². The fraction of sp³-hybridized carbons (Fsp3) is 0.609. The Labute approximate surface area is 179 Å². The number of amides is 3. The largest absolute Gasteiger partial charge is 0.497 e. The summed E-state index contributed by atoms with van der Waals surface area (Å²) >= 11 is 0. The van der Waals surface area contributed by atoms with Gasteiger partial charge in [-0.3, -0.25) is 14.4 Å². The number of unbranched alkanes of at least 4 members (excludes halogenated alkanes) is 1. The van der Waals surface area contributed by atoms with E-state index in [0.29, 0.717) is 25.1 Å². The van der Waals surface area contributed by atoms with E-state index in [-0.39, 0.29) is 24.1 Å².